The SMILES string of the molecule is CN(c1ccc(-c2ccccc2)cc1)c1cc(-c2ccccc2)cc2ccccc12. The third-order valence-corrected chi connectivity index (χ3v) is 5.67. The molecule has 0 heterocycles. The summed E-state index contributed by atoms with van der Waals surface area (Å²) in [7, 11) is 2.15. The summed E-state index contributed by atoms with van der Waals surface area (Å²) in [6.45, 7) is 0. The third-order valence-electron chi connectivity index (χ3n) is 5.67. The maximum Gasteiger partial charge on any atom is 0.0494 e. The Bertz CT molecular complexity index is 1270. The van der Waals surface area contributed by atoms with Gasteiger partial charge in [-0.05, 0) is 51.9 Å². The molecule has 5 aromatic carbocycles. The summed E-state index contributed by atoms with van der Waals surface area (Å²) in [5, 5.41) is 2.51. The normalized spacial score (nSPS) is 10.8. The van der Waals surface area contributed by atoms with Crippen LogP contribution in [-0.2, 0) is 0 Å². The van der Waals surface area contributed by atoms with Gasteiger partial charge in [-0.15, -0.1) is 0 Å². The zero-order valence-electron chi connectivity index (χ0n) is 17.0. The predicted molar refractivity (Wildman–Crippen MR) is 129 cm³/mol. The maximum atomic E-state index is 2.29. The lowest BCUT2D eigenvalue weighted by Crippen LogP contribution is -2.10. The minimum absolute atomic E-state index is 1.17. The highest BCUT2D eigenvalue weighted by Crippen LogP contribution is 2.36. The van der Waals surface area contributed by atoms with Crippen molar-refractivity contribution in [1.82, 2.24) is 0 Å². The number of benzene rings is 5. The first kappa shape index (κ1) is 18.2. The monoisotopic (exact) mass is 385 g/mol. The van der Waals surface area contributed by atoms with Gasteiger partial charge >= 0.3 is 0 Å². The Morgan fingerprint density at radius 1 is 0.467 bits per heavy atom. The fourth-order valence-electron chi connectivity index (χ4n) is 4.01. The second-order valence-corrected chi connectivity index (χ2v) is 7.55. The number of hydrogen-bond donors (Lipinski definition) is 0. The average molecular weight is 386 g/mol. The van der Waals surface area contributed by atoms with Gasteiger partial charge in [0.1, 0.15) is 0 Å². The van der Waals surface area contributed by atoms with E-state index in [2.05, 4.69) is 133 Å². The lowest BCUT2D eigenvalue weighted by atomic mass is 9.99. The van der Waals surface area contributed by atoms with E-state index in [1.165, 1.54) is 44.4 Å². The van der Waals surface area contributed by atoms with Gasteiger partial charge in [0.2, 0.25) is 0 Å². The van der Waals surface area contributed by atoms with Crippen molar-refractivity contribution in [2.24, 2.45) is 0 Å². The highest BCUT2D eigenvalue weighted by molar-refractivity contribution is 5.99. The molecule has 144 valence electrons. The van der Waals surface area contributed by atoms with Crippen LogP contribution in [0.3, 0.4) is 0 Å². The lowest BCUT2D eigenvalue weighted by Gasteiger charge is -2.23. The molecule has 1 heteroatoms. The molecule has 0 radical (unpaired) electrons. The first-order valence-corrected chi connectivity index (χ1v) is 10.3. The Hall–Kier alpha value is -3.84. The quantitative estimate of drug-likeness (QED) is 0.303. The zero-order chi connectivity index (χ0) is 20.3. The Morgan fingerprint density at radius 2 is 1.00 bits per heavy atom. The molecule has 5 rings (SSSR count). The number of rotatable bonds is 4. The molecule has 0 saturated carbocycles. The van der Waals surface area contributed by atoms with Gasteiger partial charge in [-0.3, -0.25) is 0 Å². The van der Waals surface area contributed by atoms with E-state index in [0.717, 1.165) is 0 Å². The number of nitrogens with zero attached hydrogens (tertiary/aromatic N) is 1. The fourth-order valence-corrected chi connectivity index (χ4v) is 4.01. The molecule has 0 atom stereocenters. The molecule has 0 unspecified atom stereocenters. The van der Waals surface area contributed by atoms with Crippen molar-refractivity contribution < 1.29 is 0 Å². The summed E-state index contributed by atoms with van der Waals surface area (Å²) in [5.74, 6) is 0. The van der Waals surface area contributed by atoms with E-state index in [1.807, 2.05) is 0 Å². The van der Waals surface area contributed by atoms with E-state index in [9.17, 15) is 0 Å². The van der Waals surface area contributed by atoms with Gasteiger partial charge in [0.15, 0.2) is 0 Å². The van der Waals surface area contributed by atoms with Gasteiger partial charge in [-0.2, -0.15) is 0 Å². The molecular formula is C29H23N. The molecule has 0 fully saturated rings. The van der Waals surface area contributed by atoms with Crippen molar-refractivity contribution in [2.45, 2.75) is 0 Å². The summed E-state index contributed by atoms with van der Waals surface area (Å²) < 4.78 is 0. The fraction of sp³-hybridized carbons (Fsp3) is 0.0345. The molecule has 0 N–H and O–H groups in total. The number of hydrogen-bond acceptors (Lipinski definition) is 1. The molecule has 0 aliphatic heterocycles. The Labute approximate surface area is 177 Å². The lowest BCUT2D eigenvalue weighted by molar-refractivity contribution is 1.22. The minimum Gasteiger partial charge on any atom is -0.344 e. The number of anilines is 2. The molecule has 0 bridgehead atoms. The van der Waals surface area contributed by atoms with E-state index in [1.54, 1.807) is 0 Å². The van der Waals surface area contributed by atoms with Crippen LogP contribution in [0.2, 0.25) is 0 Å². The summed E-state index contributed by atoms with van der Waals surface area (Å²) in [4.78, 5) is 2.28. The van der Waals surface area contributed by atoms with Gasteiger partial charge in [-0.1, -0.05) is 97.1 Å². The van der Waals surface area contributed by atoms with Crippen molar-refractivity contribution in [2.75, 3.05) is 11.9 Å². The predicted octanol–water partition coefficient (Wildman–Crippen LogP) is 7.94. The van der Waals surface area contributed by atoms with Crippen molar-refractivity contribution >= 4 is 22.1 Å². The van der Waals surface area contributed by atoms with E-state index in [0.29, 0.717) is 0 Å². The maximum absolute atomic E-state index is 2.29. The van der Waals surface area contributed by atoms with Crippen LogP contribution >= 0.6 is 0 Å². The largest absolute Gasteiger partial charge is 0.344 e. The molecule has 0 amide bonds. The molecule has 0 saturated heterocycles. The highest BCUT2D eigenvalue weighted by atomic mass is 15.1. The topological polar surface area (TPSA) is 3.24 Å². The second-order valence-electron chi connectivity index (χ2n) is 7.55. The van der Waals surface area contributed by atoms with Crippen LogP contribution in [0.15, 0.2) is 121 Å². The van der Waals surface area contributed by atoms with E-state index in [-0.39, 0.29) is 0 Å². The van der Waals surface area contributed by atoms with Gasteiger partial charge in [0.05, 0.1) is 0 Å². The molecule has 0 spiro atoms. The van der Waals surface area contributed by atoms with Crippen LogP contribution in [0.1, 0.15) is 0 Å². The van der Waals surface area contributed by atoms with Crippen LogP contribution in [-0.4, -0.2) is 7.05 Å². The van der Waals surface area contributed by atoms with Gasteiger partial charge in [0, 0.05) is 23.8 Å². The van der Waals surface area contributed by atoms with Crippen molar-refractivity contribution in [3.63, 3.8) is 0 Å². The Morgan fingerprint density at radius 3 is 1.67 bits per heavy atom. The molecule has 1 nitrogen and oxygen atoms in total. The van der Waals surface area contributed by atoms with Gasteiger partial charge < -0.3 is 4.90 Å². The molecule has 0 aliphatic carbocycles. The van der Waals surface area contributed by atoms with Crippen LogP contribution in [0.5, 0.6) is 0 Å². The molecule has 5 aromatic rings. The molecule has 0 aromatic heterocycles. The average Bonchev–Trinajstić information content (AvgIpc) is 2.84. The van der Waals surface area contributed by atoms with Gasteiger partial charge in [0.25, 0.3) is 0 Å². The molecule has 30 heavy (non-hydrogen) atoms. The minimum atomic E-state index is 1.17. The first-order valence-electron chi connectivity index (χ1n) is 10.3. The Balaban J connectivity index is 1.58. The van der Waals surface area contributed by atoms with Gasteiger partial charge in [-0.25, -0.2) is 0 Å². The third kappa shape index (κ3) is 3.46. The van der Waals surface area contributed by atoms with Crippen LogP contribution in [0.4, 0.5) is 11.4 Å². The second kappa shape index (κ2) is 7.88. The Kier molecular flexibility index (Phi) is 4.78. The van der Waals surface area contributed by atoms with Crippen LogP contribution in [0, 0.1) is 0 Å². The number of fused-ring (bicyclic) bond motifs is 1. The van der Waals surface area contributed by atoms with Crippen LogP contribution in [0.25, 0.3) is 33.0 Å². The van der Waals surface area contributed by atoms with E-state index in [4.69, 9.17) is 0 Å². The molecule has 0 aliphatic rings. The van der Waals surface area contributed by atoms with E-state index >= 15 is 0 Å². The van der Waals surface area contributed by atoms with E-state index < -0.39 is 0 Å². The zero-order valence-corrected chi connectivity index (χ0v) is 17.0. The summed E-state index contributed by atoms with van der Waals surface area (Å²) in [6.07, 6.45) is 0. The standard InChI is InChI=1S/C29H23N/c1-30(27-18-16-24(17-19-27)22-10-4-2-5-11-22)29-21-26(23-12-6-3-7-13-23)20-25-14-8-9-15-28(25)29/h2-21H,1H3. The molecular weight excluding hydrogens is 362 g/mol. The summed E-state index contributed by atoms with van der Waals surface area (Å²) >= 11 is 0. The van der Waals surface area contributed by atoms with Crippen LogP contribution < -0.4 is 4.90 Å². The highest BCUT2D eigenvalue weighted by Gasteiger charge is 2.11. The van der Waals surface area contributed by atoms with Crippen molar-refractivity contribution in [1.29, 1.82) is 0 Å². The first-order chi connectivity index (χ1) is 14.8. The van der Waals surface area contributed by atoms with Crippen molar-refractivity contribution in [3.05, 3.63) is 121 Å². The summed E-state index contributed by atoms with van der Waals surface area (Å²) in [5.41, 5.74) is 7.32. The smallest absolute Gasteiger partial charge is 0.0494 e. The summed E-state index contributed by atoms with van der Waals surface area (Å²) in [6, 6.07) is 43.1. The van der Waals surface area contributed by atoms with Crippen molar-refractivity contribution in [3.8, 4) is 22.3 Å².